The van der Waals surface area contributed by atoms with Crippen molar-refractivity contribution in [1.29, 1.82) is 0 Å². The second-order valence-corrected chi connectivity index (χ2v) is 17.9. The summed E-state index contributed by atoms with van der Waals surface area (Å²) in [6.07, 6.45) is -3.03. The Bertz CT molecular complexity index is 1550. The van der Waals surface area contributed by atoms with E-state index in [1.165, 1.54) is 20.8 Å². The van der Waals surface area contributed by atoms with Gasteiger partial charge in [-0.15, -0.1) is 0 Å². The minimum absolute atomic E-state index is 0.0775. The van der Waals surface area contributed by atoms with Gasteiger partial charge in [-0.25, -0.2) is 0 Å². The second-order valence-electron chi connectivity index (χ2n) is 17.9. The zero-order valence-corrected chi connectivity index (χ0v) is 40.3. The number of hydrogen-bond donors (Lipinski definition) is 7. The third-order valence-electron chi connectivity index (χ3n) is 10.8. The molecule has 0 aromatic heterocycles. The van der Waals surface area contributed by atoms with Gasteiger partial charge < -0.3 is 74.9 Å². The normalized spacial score (nSPS) is 25.5. The van der Waals surface area contributed by atoms with E-state index in [9.17, 15) is 48.9 Å². The lowest BCUT2D eigenvalue weighted by Gasteiger charge is -2.43. The summed E-state index contributed by atoms with van der Waals surface area (Å²) >= 11 is 0. The summed E-state index contributed by atoms with van der Waals surface area (Å²) in [7, 11) is 0. The molecule has 0 bridgehead atoms. The van der Waals surface area contributed by atoms with Crippen molar-refractivity contribution in [3.8, 4) is 0 Å². The Morgan fingerprint density at radius 1 is 0.672 bits per heavy atom. The number of unbranched alkanes of at least 4 members (excludes halogenated alkanes) is 5. The van der Waals surface area contributed by atoms with Gasteiger partial charge in [-0.3, -0.25) is 33.6 Å². The fourth-order valence-electron chi connectivity index (χ4n) is 7.32. The maximum Gasteiger partial charge on any atom is 0.306 e. The second kappa shape index (κ2) is 31.2. The number of nitrogens with one attached hydrogen (secondary N) is 3. The first-order valence-corrected chi connectivity index (χ1v) is 23.4. The highest BCUT2D eigenvalue weighted by atomic mass is 16.7. The number of carbonyl (C=O) groups excluding carboxylic acids is 7. The lowest BCUT2D eigenvalue weighted by atomic mass is 9.92. The summed E-state index contributed by atoms with van der Waals surface area (Å²) in [5.74, 6) is -3.47. The van der Waals surface area contributed by atoms with Crippen LogP contribution in [0.3, 0.4) is 0 Å². The Kier molecular flexibility index (Phi) is 27.5. The number of nitrogens with two attached hydrogens (primary N) is 1. The molecule has 10 unspecified atom stereocenters. The predicted octanol–water partition coefficient (Wildman–Crippen LogP) is 0.704. The highest BCUT2D eigenvalue weighted by molar-refractivity contribution is 5.87. The Hall–Kier alpha value is -4.03. The quantitative estimate of drug-likeness (QED) is 0.0296. The number of aliphatic hydroxyl groups is 3. The van der Waals surface area contributed by atoms with Crippen LogP contribution in [0.2, 0.25) is 0 Å². The number of hydrogen-bond acceptors (Lipinski definition) is 19. The molecule has 3 amide bonds. The largest absolute Gasteiger partial charge is 0.463 e. The molecule has 2 aliphatic rings. The summed E-state index contributed by atoms with van der Waals surface area (Å²) in [6, 6.07) is -1.90. The van der Waals surface area contributed by atoms with Gasteiger partial charge in [-0.05, 0) is 78.6 Å². The molecule has 11 atom stereocenters. The van der Waals surface area contributed by atoms with E-state index in [1.807, 2.05) is 0 Å². The minimum atomic E-state index is -1.39. The fraction of sp³-hybridized carbons (Fsp3) is 0.844. The molecule has 8 N–H and O–H groups in total. The highest BCUT2D eigenvalue weighted by Crippen LogP contribution is 2.31. The van der Waals surface area contributed by atoms with Crippen LogP contribution < -0.4 is 21.7 Å². The van der Waals surface area contributed by atoms with E-state index < -0.39 is 97.3 Å². The van der Waals surface area contributed by atoms with Crippen molar-refractivity contribution in [2.75, 3.05) is 39.5 Å². The topological polar surface area (TPSA) is 316 Å². The third kappa shape index (κ3) is 23.7. The number of carbonyl (C=O) groups is 7. The first-order chi connectivity index (χ1) is 31.6. The van der Waals surface area contributed by atoms with Crippen molar-refractivity contribution in [3.63, 3.8) is 0 Å². The van der Waals surface area contributed by atoms with Gasteiger partial charge in [0.1, 0.15) is 48.8 Å². The first kappa shape index (κ1) is 59.1. The molecule has 0 radical (unpaired) electrons. The van der Waals surface area contributed by atoms with Crippen molar-refractivity contribution in [1.82, 2.24) is 16.0 Å². The number of aliphatic hydroxyl groups excluding tert-OH is 3. The summed E-state index contributed by atoms with van der Waals surface area (Å²) in [5, 5.41) is 39.0. The van der Waals surface area contributed by atoms with Crippen LogP contribution in [-0.4, -0.2) is 163 Å². The van der Waals surface area contributed by atoms with Gasteiger partial charge in [0.2, 0.25) is 17.7 Å². The van der Waals surface area contributed by atoms with E-state index >= 15 is 0 Å². The molecule has 0 aliphatic carbocycles. The lowest BCUT2D eigenvalue weighted by molar-refractivity contribution is -0.288. The average Bonchev–Trinajstić information content (AvgIpc) is 3.24. The smallest absolute Gasteiger partial charge is 0.306 e. The standard InChI is InChI=1S/C45H78N4O18/c1-27-40(63-29(3)52)41(64-30(4)53)32(25-50)65-43(27)60-23-15-11-18-34(54)47-21-14-10-17-31(42(59)48-22-13-8-9-20-36(56)67-45(5,6)7)49-35(55)19-12-16-24-61-44-37(46)39(58)38(57)33(66-44)26-62-28(2)51/h27,31-33,37-41,43-44,50,57-58H,8-26,46H2,1-7H3,(H,47,54)(H,48,59)(H,49,55)/t27?,31-,32?,33?,37?,38?,39?,40?,41?,43?,44?/m0/s1. The summed E-state index contributed by atoms with van der Waals surface area (Å²) in [4.78, 5) is 85.6. The third-order valence-corrected chi connectivity index (χ3v) is 10.8. The van der Waals surface area contributed by atoms with Crippen LogP contribution in [0.4, 0.5) is 0 Å². The number of rotatable bonds is 30. The summed E-state index contributed by atoms with van der Waals surface area (Å²) < 4.78 is 44.0. The monoisotopic (exact) mass is 963 g/mol. The van der Waals surface area contributed by atoms with Crippen LogP contribution in [0.15, 0.2) is 0 Å². The van der Waals surface area contributed by atoms with Gasteiger partial charge in [-0.1, -0.05) is 13.3 Å². The molecule has 0 aromatic carbocycles. The van der Waals surface area contributed by atoms with Gasteiger partial charge in [0.25, 0.3) is 0 Å². The van der Waals surface area contributed by atoms with Crippen molar-refractivity contribution in [3.05, 3.63) is 0 Å². The average molecular weight is 963 g/mol. The van der Waals surface area contributed by atoms with Gasteiger partial charge in [0, 0.05) is 72.3 Å². The summed E-state index contributed by atoms with van der Waals surface area (Å²) in [6.45, 7) is 11.0. The van der Waals surface area contributed by atoms with E-state index in [2.05, 4.69) is 16.0 Å². The number of amides is 3. The molecule has 2 fully saturated rings. The molecule has 386 valence electrons. The Morgan fingerprint density at radius 3 is 1.85 bits per heavy atom. The molecule has 0 saturated carbocycles. The number of ether oxygens (including phenoxy) is 8. The SMILES string of the molecule is CC(=O)OCC1OC(OCCCCC(=O)N[C@@H](CCCCNC(=O)CCCCOC2OC(CO)C(OC(C)=O)C(OC(C)=O)C2C)C(=O)NCCCCCC(=O)OC(C)(C)C)C(N)C(O)C1O. The van der Waals surface area contributed by atoms with Gasteiger partial charge in [-0.2, -0.15) is 0 Å². The molecule has 2 aliphatic heterocycles. The Morgan fingerprint density at radius 2 is 1.24 bits per heavy atom. The Labute approximate surface area is 393 Å². The molecular formula is C45H78N4O18. The van der Waals surface area contributed by atoms with Gasteiger partial charge in [0.15, 0.2) is 18.7 Å². The Balaban J connectivity index is 1.80. The van der Waals surface area contributed by atoms with Gasteiger partial charge in [0.05, 0.1) is 12.6 Å². The van der Waals surface area contributed by atoms with Crippen LogP contribution >= 0.6 is 0 Å². The van der Waals surface area contributed by atoms with Crippen molar-refractivity contribution in [2.24, 2.45) is 11.7 Å². The molecular weight excluding hydrogens is 885 g/mol. The van der Waals surface area contributed by atoms with Crippen molar-refractivity contribution in [2.45, 2.75) is 199 Å². The molecule has 2 rings (SSSR count). The molecule has 2 saturated heterocycles. The summed E-state index contributed by atoms with van der Waals surface area (Å²) in [5.41, 5.74) is 5.42. The van der Waals surface area contributed by atoms with E-state index in [1.54, 1.807) is 27.7 Å². The lowest BCUT2D eigenvalue weighted by Crippen LogP contribution is -2.62. The highest BCUT2D eigenvalue weighted by Gasteiger charge is 2.48. The van der Waals surface area contributed by atoms with Crippen molar-refractivity contribution >= 4 is 41.6 Å². The predicted molar refractivity (Wildman–Crippen MR) is 237 cm³/mol. The molecule has 67 heavy (non-hydrogen) atoms. The van der Waals surface area contributed by atoms with Crippen LogP contribution in [0, 0.1) is 5.92 Å². The van der Waals surface area contributed by atoms with Crippen LogP contribution in [-0.2, 0) is 71.5 Å². The molecule has 22 nitrogen and oxygen atoms in total. The molecule has 0 spiro atoms. The zero-order valence-electron chi connectivity index (χ0n) is 40.3. The maximum atomic E-state index is 13.3. The maximum absolute atomic E-state index is 13.3. The van der Waals surface area contributed by atoms with E-state index in [-0.39, 0.29) is 62.8 Å². The van der Waals surface area contributed by atoms with Crippen LogP contribution in [0.25, 0.3) is 0 Å². The zero-order chi connectivity index (χ0) is 50.1. The first-order valence-electron chi connectivity index (χ1n) is 23.4. The minimum Gasteiger partial charge on any atom is -0.463 e. The van der Waals surface area contributed by atoms with Crippen molar-refractivity contribution < 1.29 is 86.8 Å². The molecule has 22 heteroatoms. The molecule has 2 heterocycles. The van der Waals surface area contributed by atoms with E-state index in [4.69, 9.17) is 43.6 Å². The van der Waals surface area contributed by atoms with Crippen LogP contribution in [0.5, 0.6) is 0 Å². The van der Waals surface area contributed by atoms with Crippen LogP contribution in [0.1, 0.15) is 132 Å². The van der Waals surface area contributed by atoms with E-state index in [0.29, 0.717) is 77.3 Å². The number of esters is 4. The van der Waals surface area contributed by atoms with Gasteiger partial charge >= 0.3 is 23.9 Å². The molecule has 0 aromatic rings. The van der Waals surface area contributed by atoms with E-state index in [0.717, 1.165) is 0 Å². The fourth-order valence-corrected chi connectivity index (χ4v) is 7.32.